The molecule has 4 amide bonds. The van der Waals surface area contributed by atoms with Gasteiger partial charge in [0.2, 0.25) is 5.91 Å². The van der Waals surface area contributed by atoms with E-state index in [0.29, 0.717) is 24.4 Å². The normalized spacial score (nSPS) is 18.4. The molecule has 3 rings (SSSR count). The highest BCUT2D eigenvalue weighted by Gasteiger charge is 2.37. The summed E-state index contributed by atoms with van der Waals surface area (Å²) in [5.41, 5.74) is 5.62. The van der Waals surface area contributed by atoms with Gasteiger partial charge in [0, 0.05) is 18.7 Å². The molecule has 0 aliphatic carbocycles. The first-order valence-corrected chi connectivity index (χ1v) is 9.30. The molecule has 1 aromatic rings. The van der Waals surface area contributed by atoms with E-state index in [1.165, 1.54) is 6.08 Å². The fraction of sp³-hybridized carbons (Fsp3) is 0.333. The Balaban J connectivity index is 1.74. The molecule has 8 nitrogen and oxygen atoms in total. The van der Waals surface area contributed by atoms with Crippen LogP contribution >= 0.6 is 11.8 Å². The first-order chi connectivity index (χ1) is 13.0. The lowest BCUT2D eigenvalue weighted by atomic mass is 10.2. The fourth-order valence-electron chi connectivity index (χ4n) is 2.86. The average Bonchev–Trinajstić information content (AvgIpc) is 3.26. The molecular weight excluding hydrogens is 370 g/mol. The van der Waals surface area contributed by atoms with Crippen molar-refractivity contribution in [3.05, 3.63) is 34.7 Å². The molecule has 0 unspecified atom stereocenters. The lowest BCUT2D eigenvalue weighted by molar-refractivity contribution is -0.135. The fourth-order valence-corrected chi connectivity index (χ4v) is 3.69. The van der Waals surface area contributed by atoms with E-state index in [1.54, 1.807) is 29.2 Å². The number of carbonyl (C=O) groups excluding carboxylic acids is 4. The summed E-state index contributed by atoms with van der Waals surface area (Å²) >= 11 is 0.775. The highest BCUT2D eigenvalue weighted by Crippen LogP contribution is 2.34. The number of thioether (sulfide) groups is 1. The Morgan fingerprint density at radius 1 is 1.19 bits per heavy atom. The quantitative estimate of drug-likeness (QED) is 0.733. The summed E-state index contributed by atoms with van der Waals surface area (Å²) in [7, 11) is 0. The molecule has 2 aliphatic rings. The van der Waals surface area contributed by atoms with Crippen molar-refractivity contribution in [2.75, 3.05) is 26.2 Å². The lowest BCUT2D eigenvalue weighted by Gasteiger charge is -2.18. The predicted octanol–water partition coefficient (Wildman–Crippen LogP) is 1.21. The van der Waals surface area contributed by atoms with E-state index in [-0.39, 0.29) is 24.0 Å². The van der Waals surface area contributed by atoms with Gasteiger partial charge in [-0.3, -0.25) is 24.1 Å². The van der Waals surface area contributed by atoms with Crippen molar-refractivity contribution in [1.82, 2.24) is 9.80 Å². The molecule has 0 bridgehead atoms. The molecule has 27 heavy (non-hydrogen) atoms. The zero-order valence-electron chi connectivity index (χ0n) is 14.6. The Bertz CT molecular complexity index is 817. The minimum absolute atomic E-state index is 0.198. The second-order valence-corrected chi connectivity index (χ2v) is 7.14. The van der Waals surface area contributed by atoms with Crippen molar-refractivity contribution in [2.45, 2.75) is 12.8 Å². The maximum Gasteiger partial charge on any atom is 0.294 e. The molecule has 0 spiro atoms. The third-order valence-electron chi connectivity index (χ3n) is 4.20. The van der Waals surface area contributed by atoms with E-state index >= 15 is 0 Å². The molecule has 2 heterocycles. The number of imide groups is 1. The smallest absolute Gasteiger partial charge is 0.294 e. The molecule has 2 aliphatic heterocycles. The van der Waals surface area contributed by atoms with Gasteiger partial charge in [-0.25, -0.2) is 0 Å². The maximum atomic E-state index is 12.6. The van der Waals surface area contributed by atoms with Gasteiger partial charge in [0.1, 0.15) is 12.3 Å². The number of nitrogens with zero attached hydrogens (tertiary/aromatic N) is 2. The predicted molar refractivity (Wildman–Crippen MR) is 99.6 cm³/mol. The van der Waals surface area contributed by atoms with Crippen LogP contribution in [-0.2, 0) is 14.4 Å². The number of hydrogen-bond donors (Lipinski definition) is 1. The number of hydrogen-bond acceptors (Lipinski definition) is 6. The summed E-state index contributed by atoms with van der Waals surface area (Å²) in [5.74, 6) is -0.981. The number of rotatable bonds is 6. The lowest BCUT2D eigenvalue weighted by Crippen LogP contribution is -2.40. The van der Waals surface area contributed by atoms with Crippen molar-refractivity contribution in [3.8, 4) is 5.75 Å². The number of amides is 4. The second kappa shape index (κ2) is 8.26. The summed E-state index contributed by atoms with van der Waals surface area (Å²) in [4.78, 5) is 50.8. The standard InChI is InChI=1S/C18H19N3O5S/c19-15(22)11-26-13-6-2-1-5-12(13)9-14-17(24)21(18(25)27-14)10-16(23)20-7-3-4-8-20/h1-2,5-6,9H,3-4,7-8,10-11H2,(H2,19,22)/b14-9-. The van der Waals surface area contributed by atoms with E-state index < -0.39 is 17.1 Å². The Kier molecular flexibility index (Phi) is 5.80. The van der Waals surface area contributed by atoms with Gasteiger partial charge < -0.3 is 15.4 Å². The molecule has 2 fully saturated rings. The third kappa shape index (κ3) is 4.48. The van der Waals surface area contributed by atoms with Crippen molar-refractivity contribution < 1.29 is 23.9 Å². The SMILES string of the molecule is NC(=O)COc1ccccc1/C=C1\SC(=O)N(CC(=O)N2CCCC2)C1=O. The van der Waals surface area contributed by atoms with Crippen molar-refractivity contribution >= 4 is 40.8 Å². The van der Waals surface area contributed by atoms with Crippen LogP contribution in [0.5, 0.6) is 5.75 Å². The Morgan fingerprint density at radius 2 is 1.89 bits per heavy atom. The highest BCUT2D eigenvalue weighted by molar-refractivity contribution is 8.18. The van der Waals surface area contributed by atoms with E-state index in [9.17, 15) is 19.2 Å². The Labute approximate surface area is 160 Å². The summed E-state index contributed by atoms with van der Waals surface area (Å²) in [5, 5.41) is -0.477. The minimum atomic E-state index is -0.620. The van der Waals surface area contributed by atoms with Gasteiger partial charge in [0.25, 0.3) is 17.1 Å². The van der Waals surface area contributed by atoms with Crippen LogP contribution in [0.25, 0.3) is 6.08 Å². The molecule has 1 aromatic carbocycles. The molecular formula is C18H19N3O5S. The van der Waals surface area contributed by atoms with Crippen LogP contribution in [0.2, 0.25) is 0 Å². The van der Waals surface area contributed by atoms with E-state index in [0.717, 1.165) is 29.5 Å². The topological polar surface area (TPSA) is 110 Å². The first kappa shape index (κ1) is 19.0. The number of likely N-dealkylation sites (tertiary alicyclic amines) is 1. The van der Waals surface area contributed by atoms with E-state index in [2.05, 4.69) is 0 Å². The van der Waals surface area contributed by atoms with Crippen LogP contribution in [0.15, 0.2) is 29.2 Å². The zero-order chi connectivity index (χ0) is 19.4. The zero-order valence-corrected chi connectivity index (χ0v) is 15.4. The summed E-state index contributed by atoms with van der Waals surface area (Å²) in [6.45, 7) is 0.781. The Hall–Kier alpha value is -2.81. The van der Waals surface area contributed by atoms with Crippen LogP contribution in [0, 0.1) is 0 Å². The van der Waals surface area contributed by atoms with Gasteiger partial charge in [-0.05, 0) is 36.7 Å². The van der Waals surface area contributed by atoms with Crippen LogP contribution in [0.3, 0.4) is 0 Å². The number of nitrogens with two attached hydrogens (primary N) is 1. The molecule has 0 radical (unpaired) electrons. The van der Waals surface area contributed by atoms with Crippen LogP contribution in [-0.4, -0.2) is 59.0 Å². The van der Waals surface area contributed by atoms with Gasteiger partial charge in [-0.2, -0.15) is 0 Å². The van der Waals surface area contributed by atoms with Crippen LogP contribution < -0.4 is 10.5 Å². The van der Waals surface area contributed by atoms with Gasteiger partial charge in [0.05, 0.1) is 4.91 Å². The second-order valence-electron chi connectivity index (χ2n) is 6.15. The van der Waals surface area contributed by atoms with Crippen molar-refractivity contribution in [3.63, 3.8) is 0 Å². The average molecular weight is 389 g/mol. The highest BCUT2D eigenvalue weighted by atomic mass is 32.2. The molecule has 9 heteroatoms. The molecule has 0 aromatic heterocycles. The number of carbonyl (C=O) groups is 4. The molecule has 0 saturated carbocycles. The van der Waals surface area contributed by atoms with Gasteiger partial charge in [0.15, 0.2) is 6.61 Å². The molecule has 2 N–H and O–H groups in total. The molecule has 0 atom stereocenters. The largest absolute Gasteiger partial charge is 0.483 e. The first-order valence-electron chi connectivity index (χ1n) is 8.49. The monoisotopic (exact) mass is 389 g/mol. The van der Waals surface area contributed by atoms with E-state index in [4.69, 9.17) is 10.5 Å². The van der Waals surface area contributed by atoms with Crippen molar-refractivity contribution in [2.24, 2.45) is 5.73 Å². The maximum absolute atomic E-state index is 12.6. The summed E-state index contributed by atoms with van der Waals surface area (Å²) in [6, 6.07) is 6.79. The van der Waals surface area contributed by atoms with Gasteiger partial charge in [-0.15, -0.1) is 0 Å². The number of primary amides is 1. The number of benzene rings is 1. The van der Waals surface area contributed by atoms with Gasteiger partial charge >= 0.3 is 0 Å². The van der Waals surface area contributed by atoms with Crippen LogP contribution in [0.4, 0.5) is 4.79 Å². The summed E-state index contributed by atoms with van der Waals surface area (Å²) in [6.07, 6.45) is 3.40. The minimum Gasteiger partial charge on any atom is -0.483 e. The number of ether oxygens (including phenoxy) is 1. The Morgan fingerprint density at radius 3 is 2.59 bits per heavy atom. The molecule has 2 saturated heterocycles. The third-order valence-corrected chi connectivity index (χ3v) is 5.11. The van der Waals surface area contributed by atoms with Crippen LogP contribution in [0.1, 0.15) is 18.4 Å². The van der Waals surface area contributed by atoms with Crippen molar-refractivity contribution in [1.29, 1.82) is 0 Å². The van der Waals surface area contributed by atoms with Gasteiger partial charge in [-0.1, -0.05) is 18.2 Å². The summed E-state index contributed by atoms with van der Waals surface area (Å²) < 4.78 is 5.33. The van der Waals surface area contributed by atoms with E-state index in [1.807, 2.05) is 0 Å². The molecule has 142 valence electrons. The number of para-hydroxylation sites is 1.